The second-order valence-electron chi connectivity index (χ2n) is 5.10. The molecular formula is C16H12Cl2INO. The molecule has 108 valence electrons. The Labute approximate surface area is 147 Å². The highest BCUT2D eigenvalue weighted by atomic mass is 127. The van der Waals surface area contributed by atoms with Crippen molar-refractivity contribution in [3.8, 4) is 0 Å². The maximum Gasteiger partial charge on any atom is 0.255 e. The van der Waals surface area contributed by atoms with Crippen molar-refractivity contribution in [2.45, 2.75) is 16.7 Å². The number of carbonyl (C=O) groups excluding carboxylic acids is 1. The Morgan fingerprint density at radius 2 is 1.86 bits per heavy atom. The van der Waals surface area contributed by atoms with Gasteiger partial charge in [-0.2, -0.15) is 0 Å². The molecule has 1 aliphatic carbocycles. The molecule has 0 heterocycles. The third kappa shape index (κ3) is 3.52. The van der Waals surface area contributed by atoms with Crippen molar-refractivity contribution in [1.82, 2.24) is 0 Å². The molecule has 0 aliphatic heterocycles. The Hall–Kier alpha value is -0.780. The molecule has 21 heavy (non-hydrogen) atoms. The minimum Gasteiger partial charge on any atom is -0.322 e. The van der Waals surface area contributed by atoms with E-state index in [1.165, 1.54) is 0 Å². The number of amides is 1. The van der Waals surface area contributed by atoms with Crippen LogP contribution in [0.4, 0.5) is 5.69 Å². The second kappa shape index (κ2) is 5.78. The highest BCUT2D eigenvalue weighted by molar-refractivity contribution is 14.1. The molecule has 0 bridgehead atoms. The van der Waals surface area contributed by atoms with Gasteiger partial charge in [0.25, 0.3) is 5.91 Å². The molecule has 2 aromatic carbocycles. The van der Waals surface area contributed by atoms with Crippen LogP contribution in [0.25, 0.3) is 0 Å². The molecule has 3 rings (SSSR count). The Morgan fingerprint density at radius 3 is 2.43 bits per heavy atom. The van der Waals surface area contributed by atoms with Gasteiger partial charge in [0.2, 0.25) is 0 Å². The van der Waals surface area contributed by atoms with E-state index in [1.54, 1.807) is 6.07 Å². The summed E-state index contributed by atoms with van der Waals surface area (Å²) in [5.41, 5.74) is 2.51. The molecule has 1 fully saturated rings. The smallest absolute Gasteiger partial charge is 0.255 e. The van der Waals surface area contributed by atoms with Crippen molar-refractivity contribution in [2.75, 3.05) is 5.32 Å². The lowest BCUT2D eigenvalue weighted by molar-refractivity contribution is 0.102. The first-order valence-electron chi connectivity index (χ1n) is 6.50. The zero-order valence-corrected chi connectivity index (χ0v) is 14.6. The molecule has 1 N–H and O–H groups in total. The molecule has 1 saturated carbocycles. The van der Waals surface area contributed by atoms with Gasteiger partial charge in [0.15, 0.2) is 0 Å². The van der Waals surface area contributed by atoms with Crippen LogP contribution < -0.4 is 5.32 Å². The first-order valence-corrected chi connectivity index (χ1v) is 8.34. The average Bonchev–Trinajstić information content (AvgIpc) is 3.08. The lowest BCUT2D eigenvalue weighted by atomic mass is 10.1. The number of hydrogen-bond acceptors (Lipinski definition) is 1. The molecule has 0 aromatic heterocycles. The Bertz CT molecular complexity index is 685. The standard InChI is InChI=1S/C16H12Cl2INO/c17-16(18)9-14(16)10-4-6-13(7-5-10)20-15(21)11-2-1-3-12(19)8-11/h1-8,14H,9H2,(H,20,21). The summed E-state index contributed by atoms with van der Waals surface area (Å²) in [6.45, 7) is 0. The van der Waals surface area contributed by atoms with Crippen LogP contribution in [0, 0.1) is 3.57 Å². The van der Waals surface area contributed by atoms with Crippen LogP contribution in [0.3, 0.4) is 0 Å². The van der Waals surface area contributed by atoms with Crippen LogP contribution in [0.1, 0.15) is 28.3 Å². The summed E-state index contributed by atoms with van der Waals surface area (Å²) in [6.07, 6.45) is 0.782. The summed E-state index contributed by atoms with van der Waals surface area (Å²) in [5, 5.41) is 2.88. The fourth-order valence-electron chi connectivity index (χ4n) is 2.21. The lowest BCUT2D eigenvalue weighted by Crippen LogP contribution is -2.11. The summed E-state index contributed by atoms with van der Waals surface area (Å²) in [7, 11) is 0. The number of anilines is 1. The van der Waals surface area contributed by atoms with Crippen LogP contribution >= 0.6 is 45.8 Å². The number of carbonyl (C=O) groups is 1. The van der Waals surface area contributed by atoms with Gasteiger partial charge in [-0.3, -0.25) is 4.79 Å². The van der Waals surface area contributed by atoms with Gasteiger partial charge in [0.05, 0.1) is 0 Å². The first kappa shape index (κ1) is 15.1. The van der Waals surface area contributed by atoms with E-state index in [2.05, 4.69) is 27.9 Å². The van der Waals surface area contributed by atoms with Crippen LogP contribution in [0.2, 0.25) is 0 Å². The van der Waals surface area contributed by atoms with Crippen LogP contribution in [0.15, 0.2) is 48.5 Å². The summed E-state index contributed by atoms with van der Waals surface area (Å²) in [4.78, 5) is 12.1. The number of alkyl halides is 2. The molecule has 2 nitrogen and oxygen atoms in total. The number of nitrogens with one attached hydrogen (secondary N) is 1. The monoisotopic (exact) mass is 431 g/mol. The Balaban J connectivity index is 1.69. The van der Waals surface area contributed by atoms with E-state index in [-0.39, 0.29) is 11.8 Å². The molecule has 2 aromatic rings. The largest absolute Gasteiger partial charge is 0.322 e. The molecule has 5 heteroatoms. The zero-order valence-electron chi connectivity index (χ0n) is 10.9. The quantitative estimate of drug-likeness (QED) is 0.524. The van der Waals surface area contributed by atoms with Gasteiger partial charge in [-0.05, 0) is 64.9 Å². The molecule has 1 amide bonds. The average molecular weight is 432 g/mol. The van der Waals surface area contributed by atoms with E-state index in [9.17, 15) is 4.79 Å². The normalized spacial score (nSPS) is 19.1. The van der Waals surface area contributed by atoms with Gasteiger partial charge in [0.1, 0.15) is 4.33 Å². The molecule has 0 saturated heterocycles. The van der Waals surface area contributed by atoms with Gasteiger partial charge in [-0.15, -0.1) is 23.2 Å². The van der Waals surface area contributed by atoms with Crippen molar-refractivity contribution >= 4 is 57.4 Å². The molecule has 1 atom stereocenters. The molecule has 0 radical (unpaired) electrons. The van der Waals surface area contributed by atoms with Gasteiger partial charge in [-0.25, -0.2) is 0 Å². The minimum atomic E-state index is -0.620. The van der Waals surface area contributed by atoms with Crippen molar-refractivity contribution in [3.05, 3.63) is 63.2 Å². The summed E-state index contributed by atoms with van der Waals surface area (Å²) in [5.74, 6) is 0.0815. The van der Waals surface area contributed by atoms with Crippen molar-refractivity contribution in [1.29, 1.82) is 0 Å². The van der Waals surface area contributed by atoms with Crippen molar-refractivity contribution in [2.24, 2.45) is 0 Å². The fourth-order valence-corrected chi connectivity index (χ4v) is 3.31. The third-order valence-electron chi connectivity index (χ3n) is 3.48. The van der Waals surface area contributed by atoms with E-state index < -0.39 is 4.33 Å². The number of benzene rings is 2. The maximum atomic E-state index is 12.1. The molecule has 0 spiro atoms. The highest BCUT2D eigenvalue weighted by Gasteiger charge is 2.52. The summed E-state index contributed by atoms with van der Waals surface area (Å²) in [6, 6.07) is 15.1. The SMILES string of the molecule is O=C(Nc1ccc(C2CC2(Cl)Cl)cc1)c1cccc(I)c1. The van der Waals surface area contributed by atoms with E-state index in [0.717, 1.165) is 21.2 Å². The molecular weight excluding hydrogens is 420 g/mol. The van der Waals surface area contributed by atoms with Crippen LogP contribution in [-0.2, 0) is 0 Å². The maximum absolute atomic E-state index is 12.1. The van der Waals surface area contributed by atoms with E-state index in [0.29, 0.717) is 5.56 Å². The lowest BCUT2D eigenvalue weighted by Gasteiger charge is -2.07. The van der Waals surface area contributed by atoms with E-state index >= 15 is 0 Å². The topological polar surface area (TPSA) is 29.1 Å². The van der Waals surface area contributed by atoms with Crippen molar-refractivity contribution < 1.29 is 4.79 Å². The predicted molar refractivity (Wildman–Crippen MR) is 95.3 cm³/mol. The second-order valence-corrected chi connectivity index (χ2v) is 7.89. The third-order valence-corrected chi connectivity index (χ3v) is 4.99. The zero-order chi connectivity index (χ0) is 15.0. The summed E-state index contributed by atoms with van der Waals surface area (Å²) < 4.78 is 0.413. The van der Waals surface area contributed by atoms with Crippen LogP contribution in [0.5, 0.6) is 0 Å². The minimum absolute atomic E-state index is 0.114. The molecule has 1 aliphatic rings. The Kier molecular flexibility index (Phi) is 4.17. The predicted octanol–water partition coefficient (Wildman–Crippen LogP) is 5.20. The van der Waals surface area contributed by atoms with Crippen molar-refractivity contribution in [3.63, 3.8) is 0 Å². The van der Waals surface area contributed by atoms with Gasteiger partial charge < -0.3 is 5.32 Å². The fraction of sp³-hybridized carbons (Fsp3) is 0.188. The van der Waals surface area contributed by atoms with Gasteiger partial charge >= 0.3 is 0 Å². The number of halogens is 3. The Morgan fingerprint density at radius 1 is 1.19 bits per heavy atom. The van der Waals surface area contributed by atoms with Gasteiger partial charge in [-0.1, -0.05) is 18.2 Å². The number of rotatable bonds is 3. The first-order chi connectivity index (χ1) is 9.95. The van der Waals surface area contributed by atoms with Gasteiger partial charge in [0, 0.05) is 20.7 Å². The number of hydrogen-bond donors (Lipinski definition) is 1. The van der Waals surface area contributed by atoms with E-state index in [1.807, 2.05) is 42.5 Å². The highest BCUT2D eigenvalue weighted by Crippen LogP contribution is 2.59. The van der Waals surface area contributed by atoms with Crippen LogP contribution in [-0.4, -0.2) is 10.2 Å². The van der Waals surface area contributed by atoms with E-state index in [4.69, 9.17) is 23.2 Å². The molecule has 1 unspecified atom stereocenters. The summed E-state index contributed by atoms with van der Waals surface area (Å²) >= 11 is 14.3.